The van der Waals surface area contributed by atoms with Gasteiger partial charge < -0.3 is 10.6 Å². The van der Waals surface area contributed by atoms with E-state index in [1.165, 1.54) is 11.5 Å². The number of halogens is 1. The minimum Gasteiger partial charge on any atom is -0.329 e. The van der Waals surface area contributed by atoms with Crippen LogP contribution in [-0.4, -0.2) is 20.2 Å². The van der Waals surface area contributed by atoms with Crippen molar-refractivity contribution in [3.63, 3.8) is 0 Å². The van der Waals surface area contributed by atoms with E-state index in [1.54, 1.807) is 18.3 Å². The summed E-state index contributed by atoms with van der Waals surface area (Å²) in [5, 5.41) is 7.42. The van der Waals surface area contributed by atoms with E-state index in [0.29, 0.717) is 38.1 Å². The van der Waals surface area contributed by atoms with Crippen molar-refractivity contribution < 1.29 is 4.79 Å². The average Bonchev–Trinajstić information content (AvgIpc) is 3.08. The lowest BCUT2D eigenvalue weighted by atomic mass is 10.1. The number of amides is 1. The van der Waals surface area contributed by atoms with Gasteiger partial charge in [-0.2, -0.15) is 4.37 Å². The highest BCUT2D eigenvalue weighted by Gasteiger charge is 2.20. The van der Waals surface area contributed by atoms with E-state index in [-0.39, 0.29) is 5.91 Å². The van der Waals surface area contributed by atoms with E-state index in [4.69, 9.17) is 11.6 Å². The van der Waals surface area contributed by atoms with Crippen LogP contribution in [0.3, 0.4) is 0 Å². The molecule has 2 aromatic heterocycles. The summed E-state index contributed by atoms with van der Waals surface area (Å²) in [6.07, 6.45) is 2.45. The van der Waals surface area contributed by atoms with Gasteiger partial charge >= 0.3 is 0 Å². The number of nitrogens with one attached hydrogen (secondary N) is 2. The number of carbonyl (C=O) groups is 1. The van der Waals surface area contributed by atoms with Gasteiger partial charge in [0.25, 0.3) is 5.91 Å². The molecule has 1 amide bonds. The number of fused-ring (bicyclic) bond motifs is 1. The predicted molar refractivity (Wildman–Crippen MR) is 118 cm³/mol. The first-order chi connectivity index (χ1) is 14.0. The SMILES string of the molecule is CCc1ccccc1NC(=O)c1c(C)nsc1Nc1cnc2cc(Cl)ccc2n1. The Labute approximate surface area is 177 Å². The first-order valence-corrected chi connectivity index (χ1v) is 10.2. The molecule has 0 fully saturated rings. The molecule has 6 nitrogen and oxygen atoms in total. The smallest absolute Gasteiger partial charge is 0.260 e. The number of hydrogen-bond acceptors (Lipinski definition) is 6. The van der Waals surface area contributed by atoms with Crippen molar-refractivity contribution >= 4 is 56.6 Å². The topological polar surface area (TPSA) is 79.8 Å². The molecule has 0 aliphatic rings. The molecule has 4 rings (SSSR count). The molecule has 2 heterocycles. The highest BCUT2D eigenvalue weighted by Crippen LogP contribution is 2.29. The van der Waals surface area contributed by atoms with Gasteiger partial charge in [0.2, 0.25) is 0 Å². The van der Waals surface area contributed by atoms with Gasteiger partial charge in [-0.25, -0.2) is 4.98 Å². The Morgan fingerprint density at radius 1 is 1.17 bits per heavy atom. The van der Waals surface area contributed by atoms with Crippen LogP contribution in [0.25, 0.3) is 11.0 Å². The van der Waals surface area contributed by atoms with Crippen molar-refractivity contribution in [2.24, 2.45) is 0 Å². The summed E-state index contributed by atoms with van der Waals surface area (Å²) in [5.41, 5.74) is 4.46. The molecule has 4 aromatic rings. The molecule has 0 radical (unpaired) electrons. The van der Waals surface area contributed by atoms with Crippen LogP contribution in [0.2, 0.25) is 5.02 Å². The number of aryl methyl sites for hydroxylation is 2. The molecule has 0 aliphatic heterocycles. The number of carbonyl (C=O) groups excluding carboxylic acids is 1. The second kappa shape index (κ2) is 8.14. The molecule has 29 heavy (non-hydrogen) atoms. The van der Waals surface area contributed by atoms with Crippen LogP contribution < -0.4 is 10.6 Å². The van der Waals surface area contributed by atoms with Crippen LogP contribution in [-0.2, 0) is 6.42 Å². The maximum Gasteiger partial charge on any atom is 0.260 e. The van der Waals surface area contributed by atoms with E-state index >= 15 is 0 Å². The van der Waals surface area contributed by atoms with Crippen molar-refractivity contribution in [3.05, 3.63) is 70.5 Å². The monoisotopic (exact) mass is 423 g/mol. The second-order valence-electron chi connectivity index (χ2n) is 6.45. The predicted octanol–water partition coefficient (Wildman–Crippen LogP) is 5.61. The van der Waals surface area contributed by atoms with Gasteiger partial charge in [-0.1, -0.05) is 36.7 Å². The van der Waals surface area contributed by atoms with Crippen molar-refractivity contribution in [2.45, 2.75) is 20.3 Å². The zero-order valence-electron chi connectivity index (χ0n) is 15.9. The Bertz CT molecular complexity index is 1210. The molecule has 0 saturated heterocycles. The number of hydrogen-bond donors (Lipinski definition) is 2. The summed E-state index contributed by atoms with van der Waals surface area (Å²) in [4.78, 5) is 21.9. The third-order valence-corrected chi connectivity index (χ3v) is 5.57. The highest BCUT2D eigenvalue weighted by molar-refractivity contribution is 7.10. The van der Waals surface area contributed by atoms with Gasteiger partial charge in [0.05, 0.1) is 28.5 Å². The van der Waals surface area contributed by atoms with Crippen molar-refractivity contribution in [1.29, 1.82) is 0 Å². The van der Waals surface area contributed by atoms with Gasteiger partial charge in [0.15, 0.2) is 0 Å². The second-order valence-corrected chi connectivity index (χ2v) is 7.66. The number of para-hydroxylation sites is 1. The van der Waals surface area contributed by atoms with Gasteiger partial charge in [-0.05, 0) is 54.7 Å². The third kappa shape index (κ3) is 4.06. The summed E-state index contributed by atoms with van der Waals surface area (Å²) < 4.78 is 4.34. The number of anilines is 3. The minimum absolute atomic E-state index is 0.208. The number of rotatable bonds is 5. The first kappa shape index (κ1) is 19.3. The van der Waals surface area contributed by atoms with Crippen molar-refractivity contribution in [2.75, 3.05) is 10.6 Å². The molecule has 0 bridgehead atoms. The molecule has 0 atom stereocenters. The molecular formula is C21H18ClN5OS. The molecule has 2 N–H and O–H groups in total. The minimum atomic E-state index is -0.208. The van der Waals surface area contributed by atoms with E-state index in [9.17, 15) is 4.79 Å². The lowest BCUT2D eigenvalue weighted by Gasteiger charge is -2.11. The zero-order chi connectivity index (χ0) is 20.4. The van der Waals surface area contributed by atoms with Crippen LogP contribution in [0.15, 0.2) is 48.7 Å². The first-order valence-electron chi connectivity index (χ1n) is 9.10. The summed E-state index contributed by atoms with van der Waals surface area (Å²) in [6.45, 7) is 3.87. The molecule has 0 unspecified atom stereocenters. The van der Waals surface area contributed by atoms with E-state index in [2.05, 4.69) is 31.9 Å². The van der Waals surface area contributed by atoms with E-state index < -0.39 is 0 Å². The fraction of sp³-hybridized carbons (Fsp3) is 0.143. The quantitative estimate of drug-likeness (QED) is 0.436. The lowest BCUT2D eigenvalue weighted by Crippen LogP contribution is -2.15. The summed E-state index contributed by atoms with van der Waals surface area (Å²) >= 11 is 7.22. The molecule has 0 saturated carbocycles. The van der Waals surface area contributed by atoms with Crippen LogP contribution in [0.4, 0.5) is 16.5 Å². The van der Waals surface area contributed by atoms with Gasteiger partial charge in [0.1, 0.15) is 10.8 Å². The number of nitrogens with zero attached hydrogens (tertiary/aromatic N) is 3. The normalized spacial score (nSPS) is 10.9. The Morgan fingerprint density at radius 2 is 2.00 bits per heavy atom. The van der Waals surface area contributed by atoms with Gasteiger partial charge in [-0.15, -0.1) is 0 Å². The molecule has 0 spiro atoms. The van der Waals surface area contributed by atoms with Crippen LogP contribution >= 0.6 is 23.1 Å². The van der Waals surface area contributed by atoms with Crippen molar-refractivity contribution in [3.8, 4) is 0 Å². The third-order valence-electron chi connectivity index (χ3n) is 4.48. The molecule has 2 aromatic carbocycles. The van der Waals surface area contributed by atoms with E-state index in [1.807, 2.05) is 37.3 Å². The Hall–Kier alpha value is -3.03. The fourth-order valence-corrected chi connectivity index (χ4v) is 3.99. The van der Waals surface area contributed by atoms with Crippen LogP contribution in [0.5, 0.6) is 0 Å². The number of aromatic nitrogens is 3. The molecular weight excluding hydrogens is 406 g/mol. The largest absolute Gasteiger partial charge is 0.329 e. The Kier molecular flexibility index (Phi) is 5.42. The maximum absolute atomic E-state index is 13.0. The maximum atomic E-state index is 13.0. The van der Waals surface area contributed by atoms with E-state index in [0.717, 1.165) is 17.7 Å². The molecule has 146 valence electrons. The Balaban J connectivity index is 1.62. The van der Waals surface area contributed by atoms with Crippen molar-refractivity contribution in [1.82, 2.24) is 14.3 Å². The molecule has 0 aliphatic carbocycles. The van der Waals surface area contributed by atoms with Crippen LogP contribution in [0.1, 0.15) is 28.5 Å². The Morgan fingerprint density at radius 3 is 2.83 bits per heavy atom. The van der Waals surface area contributed by atoms with Gasteiger partial charge in [0, 0.05) is 10.7 Å². The average molecular weight is 424 g/mol. The highest BCUT2D eigenvalue weighted by atomic mass is 35.5. The number of benzene rings is 2. The summed E-state index contributed by atoms with van der Waals surface area (Å²) in [6, 6.07) is 13.1. The fourth-order valence-electron chi connectivity index (χ4n) is 3.02. The summed E-state index contributed by atoms with van der Waals surface area (Å²) in [7, 11) is 0. The summed E-state index contributed by atoms with van der Waals surface area (Å²) in [5.74, 6) is 0.326. The standard InChI is InChI=1S/C21H18ClN5OS/c1-3-13-6-4-5-7-15(13)25-20(28)19-12(2)27-29-21(19)26-18-11-23-17-10-14(22)8-9-16(17)24-18/h4-11H,3H2,1-2H3,(H,24,26)(H,25,28). The van der Waals surface area contributed by atoms with Crippen LogP contribution in [0, 0.1) is 6.92 Å². The van der Waals surface area contributed by atoms with Gasteiger partial charge in [-0.3, -0.25) is 9.78 Å². The zero-order valence-corrected chi connectivity index (χ0v) is 17.4. The molecule has 8 heteroatoms. The lowest BCUT2D eigenvalue weighted by molar-refractivity contribution is 0.102.